The van der Waals surface area contributed by atoms with Crippen LogP contribution in [0.25, 0.3) is 0 Å². The third-order valence-corrected chi connectivity index (χ3v) is 2.76. The summed E-state index contributed by atoms with van der Waals surface area (Å²) in [7, 11) is 0. The third kappa shape index (κ3) is 4.19. The van der Waals surface area contributed by atoms with E-state index >= 15 is 0 Å². The molecular formula is C14H22N2O. The molecule has 0 spiro atoms. The quantitative estimate of drug-likeness (QED) is 0.791. The van der Waals surface area contributed by atoms with Gasteiger partial charge in [0, 0.05) is 18.2 Å². The fraction of sp³-hybridized carbons (Fsp3) is 0.500. The molecule has 0 saturated heterocycles. The fourth-order valence-corrected chi connectivity index (χ4v) is 1.78. The molecule has 0 radical (unpaired) electrons. The molecule has 0 saturated carbocycles. The Bertz CT molecular complexity index is 340. The molecule has 94 valence electrons. The van der Waals surface area contributed by atoms with Gasteiger partial charge in [-0.2, -0.15) is 0 Å². The van der Waals surface area contributed by atoms with E-state index < -0.39 is 0 Å². The summed E-state index contributed by atoms with van der Waals surface area (Å²) in [5, 5.41) is 0. The van der Waals surface area contributed by atoms with E-state index in [2.05, 4.69) is 0 Å². The van der Waals surface area contributed by atoms with Gasteiger partial charge in [0.25, 0.3) is 0 Å². The van der Waals surface area contributed by atoms with Gasteiger partial charge in [0.1, 0.15) is 0 Å². The Balaban J connectivity index is 2.73. The van der Waals surface area contributed by atoms with E-state index in [9.17, 15) is 4.79 Å². The molecule has 0 bridgehead atoms. The zero-order chi connectivity index (χ0) is 12.7. The lowest BCUT2D eigenvalue weighted by atomic mass is 10.1. The molecule has 0 aromatic rings. The molecule has 1 aliphatic rings. The predicted molar refractivity (Wildman–Crippen MR) is 71.5 cm³/mol. The van der Waals surface area contributed by atoms with Crippen molar-refractivity contribution in [3.05, 3.63) is 36.0 Å². The van der Waals surface area contributed by atoms with Crippen LogP contribution in [0.1, 0.15) is 26.7 Å². The molecule has 3 heteroatoms. The summed E-state index contributed by atoms with van der Waals surface area (Å²) in [6.07, 6.45) is 11.3. The molecule has 1 rings (SSSR count). The molecule has 3 nitrogen and oxygen atoms in total. The number of allylic oxidation sites excluding steroid dienone is 5. The lowest BCUT2D eigenvalue weighted by Crippen LogP contribution is -2.39. The number of hydrogen-bond acceptors (Lipinski definition) is 2. The standard InChI is InChI=1S/C14H22N2O/c1-12(2)16(11-7-10-15)14(17)13-8-5-3-4-6-9-13/h3-6,8,12H,7,9-11,15H2,1-2H3. The highest BCUT2D eigenvalue weighted by molar-refractivity contribution is 5.94. The van der Waals surface area contributed by atoms with Crippen LogP contribution in [0.3, 0.4) is 0 Å². The first-order chi connectivity index (χ1) is 8.16. The van der Waals surface area contributed by atoms with Gasteiger partial charge in [-0.1, -0.05) is 30.4 Å². The number of amides is 1. The molecule has 2 N–H and O–H groups in total. The minimum absolute atomic E-state index is 0.129. The minimum Gasteiger partial charge on any atom is -0.336 e. The van der Waals surface area contributed by atoms with Crippen molar-refractivity contribution in [2.75, 3.05) is 13.1 Å². The Morgan fingerprint density at radius 2 is 2.18 bits per heavy atom. The van der Waals surface area contributed by atoms with Crippen molar-refractivity contribution in [1.82, 2.24) is 4.90 Å². The Morgan fingerprint density at radius 1 is 1.41 bits per heavy atom. The number of carbonyl (C=O) groups is 1. The lowest BCUT2D eigenvalue weighted by molar-refractivity contribution is -0.128. The van der Waals surface area contributed by atoms with E-state index in [4.69, 9.17) is 5.73 Å². The summed E-state index contributed by atoms with van der Waals surface area (Å²) in [5.74, 6) is 0.129. The predicted octanol–water partition coefficient (Wildman–Crippen LogP) is 2.01. The number of carbonyl (C=O) groups excluding carboxylic acids is 1. The first kappa shape index (κ1) is 13.7. The van der Waals surface area contributed by atoms with Crippen molar-refractivity contribution in [3.8, 4) is 0 Å². The molecule has 0 aromatic heterocycles. The van der Waals surface area contributed by atoms with Gasteiger partial charge < -0.3 is 10.6 Å². The van der Waals surface area contributed by atoms with Gasteiger partial charge in [-0.15, -0.1) is 0 Å². The van der Waals surface area contributed by atoms with Crippen LogP contribution in [-0.4, -0.2) is 29.9 Å². The van der Waals surface area contributed by atoms with Crippen molar-refractivity contribution in [3.63, 3.8) is 0 Å². The monoisotopic (exact) mass is 234 g/mol. The van der Waals surface area contributed by atoms with Crippen LogP contribution in [0.4, 0.5) is 0 Å². The molecule has 0 aromatic carbocycles. The van der Waals surface area contributed by atoms with Crippen LogP contribution >= 0.6 is 0 Å². The summed E-state index contributed by atoms with van der Waals surface area (Å²) in [5.41, 5.74) is 6.35. The zero-order valence-electron chi connectivity index (χ0n) is 10.7. The molecular weight excluding hydrogens is 212 g/mol. The zero-order valence-corrected chi connectivity index (χ0v) is 10.7. The second-order valence-corrected chi connectivity index (χ2v) is 4.44. The molecule has 0 fully saturated rings. The fourth-order valence-electron chi connectivity index (χ4n) is 1.78. The van der Waals surface area contributed by atoms with Crippen molar-refractivity contribution in [1.29, 1.82) is 0 Å². The Kier molecular flexibility index (Phi) is 5.70. The minimum atomic E-state index is 0.129. The molecule has 0 heterocycles. The summed E-state index contributed by atoms with van der Waals surface area (Å²) in [6, 6.07) is 0.214. The van der Waals surface area contributed by atoms with E-state index in [0.29, 0.717) is 13.0 Å². The van der Waals surface area contributed by atoms with Gasteiger partial charge in [-0.3, -0.25) is 4.79 Å². The van der Waals surface area contributed by atoms with Gasteiger partial charge in [0.15, 0.2) is 0 Å². The van der Waals surface area contributed by atoms with Gasteiger partial charge in [0.2, 0.25) is 5.91 Å². The number of nitrogens with two attached hydrogens (primary N) is 1. The number of nitrogens with zero attached hydrogens (tertiary/aromatic N) is 1. The highest BCUT2D eigenvalue weighted by Gasteiger charge is 2.19. The Morgan fingerprint density at radius 3 is 2.82 bits per heavy atom. The maximum atomic E-state index is 12.3. The molecule has 1 aliphatic carbocycles. The van der Waals surface area contributed by atoms with E-state index in [1.807, 2.05) is 49.1 Å². The average molecular weight is 234 g/mol. The number of hydrogen-bond donors (Lipinski definition) is 1. The first-order valence-electron chi connectivity index (χ1n) is 6.20. The van der Waals surface area contributed by atoms with Gasteiger partial charge in [-0.05, 0) is 33.2 Å². The van der Waals surface area contributed by atoms with Crippen molar-refractivity contribution >= 4 is 5.91 Å². The Labute approximate surface area is 104 Å². The average Bonchev–Trinajstić information content (AvgIpc) is 2.57. The Hall–Kier alpha value is -1.35. The van der Waals surface area contributed by atoms with Crippen molar-refractivity contribution in [2.24, 2.45) is 5.73 Å². The summed E-state index contributed by atoms with van der Waals surface area (Å²) in [6.45, 7) is 5.43. The first-order valence-corrected chi connectivity index (χ1v) is 6.20. The summed E-state index contributed by atoms with van der Waals surface area (Å²) >= 11 is 0. The van der Waals surface area contributed by atoms with Gasteiger partial charge in [-0.25, -0.2) is 0 Å². The molecule has 0 unspecified atom stereocenters. The SMILES string of the molecule is CC(C)N(CCCN)C(=O)C1=CC=CC=CC1. The van der Waals surface area contributed by atoms with Crippen LogP contribution in [0.15, 0.2) is 36.0 Å². The van der Waals surface area contributed by atoms with Crippen molar-refractivity contribution < 1.29 is 4.79 Å². The second kappa shape index (κ2) is 7.07. The molecule has 1 amide bonds. The maximum absolute atomic E-state index is 12.3. The maximum Gasteiger partial charge on any atom is 0.250 e. The molecule has 0 aliphatic heterocycles. The van der Waals surface area contributed by atoms with Crippen LogP contribution < -0.4 is 5.73 Å². The van der Waals surface area contributed by atoms with Crippen molar-refractivity contribution in [2.45, 2.75) is 32.7 Å². The highest BCUT2D eigenvalue weighted by atomic mass is 16.2. The molecule has 17 heavy (non-hydrogen) atoms. The van der Waals surface area contributed by atoms with Crippen LogP contribution in [0, 0.1) is 0 Å². The largest absolute Gasteiger partial charge is 0.336 e. The van der Waals surface area contributed by atoms with Gasteiger partial charge >= 0.3 is 0 Å². The second-order valence-electron chi connectivity index (χ2n) is 4.44. The molecule has 0 atom stereocenters. The van der Waals surface area contributed by atoms with E-state index in [1.165, 1.54) is 0 Å². The van der Waals surface area contributed by atoms with E-state index in [0.717, 1.165) is 18.5 Å². The smallest absolute Gasteiger partial charge is 0.250 e. The lowest BCUT2D eigenvalue weighted by Gasteiger charge is -2.27. The van der Waals surface area contributed by atoms with Crippen LogP contribution in [0.5, 0.6) is 0 Å². The topological polar surface area (TPSA) is 46.3 Å². The normalized spacial score (nSPS) is 14.7. The van der Waals surface area contributed by atoms with Crippen LogP contribution in [0.2, 0.25) is 0 Å². The highest BCUT2D eigenvalue weighted by Crippen LogP contribution is 2.13. The van der Waals surface area contributed by atoms with E-state index in [-0.39, 0.29) is 11.9 Å². The van der Waals surface area contributed by atoms with E-state index in [1.54, 1.807) is 0 Å². The summed E-state index contributed by atoms with van der Waals surface area (Å²) in [4.78, 5) is 14.2. The van der Waals surface area contributed by atoms with Crippen LogP contribution in [-0.2, 0) is 4.79 Å². The summed E-state index contributed by atoms with van der Waals surface area (Å²) < 4.78 is 0. The third-order valence-electron chi connectivity index (χ3n) is 2.76. The van der Waals surface area contributed by atoms with Gasteiger partial charge in [0.05, 0.1) is 0 Å². The number of rotatable bonds is 5.